The van der Waals surface area contributed by atoms with Crippen LogP contribution in [-0.4, -0.2) is 21.8 Å². The fourth-order valence-corrected chi connectivity index (χ4v) is 3.93. The van der Waals surface area contributed by atoms with Crippen LogP contribution in [0.2, 0.25) is 5.02 Å². The highest BCUT2D eigenvalue weighted by Gasteiger charge is 2.14. The molecule has 0 saturated carbocycles. The molecule has 2 N–H and O–H groups in total. The van der Waals surface area contributed by atoms with Crippen molar-refractivity contribution < 1.29 is 9.90 Å². The summed E-state index contributed by atoms with van der Waals surface area (Å²) in [6, 6.07) is 18.6. The zero-order valence-corrected chi connectivity index (χ0v) is 18.2. The number of rotatable bonds is 4. The number of aryl methyl sites for hydroxylation is 1. The molecule has 0 saturated heterocycles. The summed E-state index contributed by atoms with van der Waals surface area (Å²) < 4.78 is 2.11. The Balaban J connectivity index is 1.58. The van der Waals surface area contributed by atoms with Crippen molar-refractivity contribution in [3.63, 3.8) is 0 Å². The van der Waals surface area contributed by atoms with Gasteiger partial charge in [0.05, 0.1) is 11.8 Å². The van der Waals surface area contributed by atoms with Gasteiger partial charge in [0.1, 0.15) is 5.75 Å². The Morgan fingerprint density at radius 2 is 1.74 bits per heavy atom. The molecule has 0 fully saturated rings. The van der Waals surface area contributed by atoms with Gasteiger partial charge < -0.3 is 9.67 Å². The number of aromatic nitrogens is 1. The molecule has 0 bridgehead atoms. The van der Waals surface area contributed by atoms with Gasteiger partial charge in [0.15, 0.2) is 0 Å². The van der Waals surface area contributed by atoms with Crippen molar-refractivity contribution in [3.8, 4) is 11.4 Å². The van der Waals surface area contributed by atoms with Crippen LogP contribution >= 0.6 is 11.6 Å². The molecule has 0 unspecified atom stereocenters. The second kappa shape index (κ2) is 8.28. The van der Waals surface area contributed by atoms with Crippen molar-refractivity contribution in [3.05, 3.63) is 93.8 Å². The van der Waals surface area contributed by atoms with Crippen LogP contribution in [0.4, 0.5) is 0 Å². The smallest absolute Gasteiger partial charge is 0.275 e. The molecule has 1 amide bonds. The van der Waals surface area contributed by atoms with E-state index in [1.165, 1.54) is 0 Å². The SMILES string of the molecule is Cc1c(Cl)cccc1-n1c(C)cc(C=NNC(=O)c2cc3ccccc3cc2O)c1C. The van der Waals surface area contributed by atoms with E-state index in [-0.39, 0.29) is 11.3 Å². The third-order valence-corrected chi connectivity index (χ3v) is 5.84. The van der Waals surface area contributed by atoms with Crippen LogP contribution in [0.25, 0.3) is 16.5 Å². The molecule has 5 nitrogen and oxygen atoms in total. The van der Waals surface area contributed by atoms with Gasteiger partial charge in [-0.15, -0.1) is 0 Å². The maximum Gasteiger partial charge on any atom is 0.275 e. The second-order valence-corrected chi connectivity index (χ2v) is 7.87. The molecule has 0 radical (unpaired) electrons. The Labute approximate surface area is 185 Å². The molecular formula is C25H22ClN3O2. The largest absolute Gasteiger partial charge is 0.507 e. The highest BCUT2D eigenvalue weighted by Crippen LogP contribution is 2.27. The third-order valence-electron chi connectivity index (χ3n) is 5.43. The van der Waals surface area contributed by atoms with Gasteiger partial charge in [0.2, 0.25) is 0 Å². The van der Waals surface area contributed by atoms with E-state index in [9.17, 15) is 9.90 Å². The number of amides is 1. The van der Waals surface area contributed by atoms with Crippen LogP contribution in [-0.2, 0) is 0 Å². The number of carbonyl (C=O) groups is 1. The molecule has 6 heteroatoms. The highest BCUT2D eigenvalue weighted by molar-refractivity contribution is 6.31. The number of hydrazone groups is 1. The van der Waals surface area contributed by atoms with Gasteiger partial charge in [-0.3, -0.25) is 4.79 Å². The number of carbonyl (C=O) groups excluding carboxylic acids is 1. The molecule has 31 heavy (non-hydrogen) atoms. The van der Waals surface area contributed by atoms with E-state index >= 15 is 0 Å². The minimum Gasteiger partial charge on any atom is -0.507 e. The van der Waals surface area contributed by atoms with Crippen molar-refractivity contribution in [2.45, 2.75) is 20.8 Å². The molecule has 1 heterocycles. The van der Waals surface area contributed by atoms with Gasteiger partial charge in [-0.2, -0.15) is 5.10 Å². The Bertz CT molecular complexity index is 1340. The van der Waals surface area contributed by atoms with Crippen LogP contribution in [0.3, 0.4) is 0 Å². The van der Waals surface area contributed by atoms with Gasteiger partial charge in [-0.05, 0) is 67.4 Å². The monoisotopic (exact) mass is 431 g/mol. The molecule has 0 spiro atoms. The topological polar surface area (TPSA) is 66.6 Å². The molecule has 0 aliphatic heterocycles. The van der Waals surface area contributed by atoms with E-state index in [0.717, 1.165) is 39.0 Å². The predicted octanol–water partition coefficient (Wildman–Crippen LogP) is 5.68. The van der Waals surface area contributed by atoms with Crippen molar-refractivity contribution in [1.29, 1.82) is 0 Å². The molecule has 0 aliphatic rings. The lowest BCUT2D eigenvalue weighted by Gasteiger charge is -2.13. The third kappa shape index (κ3) is 3.92. The van der Waals surface area contributed by atoms with E-state index in [4.69, 9.17) is 11.6 Å². The summed E-state index contributed by atoms with van der Waals surface area (Å²) in [5.41, 5.74) is 7.57. The summed E-state index contributed by atoms with van der Waals surface area (Å²) in [7, 11) is 0. The number of nitrogens with one attached hydrogen (secondary N) is 1. The Kier molecular flexibility index (Phi) is 5.53. The lowest BCUT2D eigenvalue weighted by atomic mass is 10.1. The summed E-state index contributed by atoms with van der Waals surface area (Å²) in [5, 5.41) is 16.8. The molecule has 4 aromatic rings. The minimum absolute atomic E-state index is 0.0824. The molecule has 1 aromatic heterocycles. The number of aromatic hydroxyl groups is 1. The Morgan fingerprint density at radius 1 is 1.03 bits per heavy atom. The number of halogens is 1. The number of hydrogen-bond donors (Lipinski definition) is 2. The predicted molar refractivity (Wildman–Crippen MR) is 126 cm³/mol. The number of hydrogen-bond acceptors (Lipinski definition) is 3. The minimum atomic E-state index is -0.473. The van der Waals surface area contributed by atoms with E-state index in [1.807, 2.05) is 69.3 Å². The molecule has 3 aromatic carbocycles. The molecule has 0 atom stereocenters. The standard InChI is InChI=1S/C25H22ClN3O2/c1-15-11-20(17(3)29(15)23-10-6-9-22(26)16(23)2)14-27-28-25(31)21-12-18-7-4-5-8-19(18)13-24(21)30/h4-14,30H,1-3H3,(H,28,31). The zero-order chi connectivity index (χ0) is 22.1. The average molecular weight is 432 g/mol. The van der Waals surface area contributed by atoms with Gasteiger partial charge in [0, 0.05) is 27.7 Å². The fraction of sp³-hybridized carbons (Fsp3) is 0.120. The number of benzene rings is 3. The molecular weight excluding hydrogens is 410 g/mol. The van der Waals surface area contributed by atoms with Crippen LogP contribution in [0.15, 0.2) is 65.8 Å². The highest BCUT2D eigenvalue weighted by atomic mass is 35.5. The van der Waals surface area contributed by atoms with E-state index in [2.05, 4.69) is 15.1 Å². The maximum atomic E-state index is 12.6. The first kappa shape index (κ1) is 20.7. The average Bonchev–Trinajstić information content (AvgIpc) is 3.02. The summed E-state index contributed by atoms with van der Waals surface area (Å²) in [4.78, 5) is 12.6. The van der Waals surface area contributed by atoms with E-state index in [1.54, 1.807) is 18.3 Å². The van der Waals surface area contributed by atoms with Crippen molar-refractivity contribution >= 4 is 34.5 Å². The first-order valence-corrected chi connectivity index (χ1v) is 10.2. The van der Waals surface area contributed by atoms with Gasteiger partial charge in [-0.25, -0.2) is 5.43 Å². The summed E-state index contributed by atoms with van der Waals surface area (Å²) >= 11 is 6.29. The van der Waals surface area contributed by atoms with Gasteiger partial charge in [0.25, 0.3) is 5.91 Å². The van der Waals surface area contributed by atoms with Crippen molar-refractivity contribution in [1.82, 2.24) is 9.99 Å². The fourth-order valence-electron chi connectivity index (χ4n) is 3.76. The number of phenolic OH excluding ortho intramolecular Hbond substituents is 1. The normalized spacial score (nSPS) is 11.4. The van der Waals surface area contributed by atoms with Crippen LogP contribution in [0, 0.1) is 20.8 Å². The Hall–Kier alpha value is -3.57. The van der Waals surface area contributed by atoms with E-state index in [0.29, 0.717) is 5.02 Å². The van der Waals surface area contributed by atoms with Crippen LogP contribution < -0.4 is 5.43 Å². The summed E-state index contributed by atoms with van der Waals surface area (Å²) in [6.07, 6.45) is 1.61. The lowest BCUT2D eigenvalue weighted by molar-refractivity contribution is 0.0952. The Morgan fingerprint density at radius 3 is 2.48 bits per heavy atom. The molecule has 4 rings (SSSR count). The summed E-state index contributed by atoms with van der Waals surface area (Å²) in [6.45, 7) is 5.99. The van der Waals surface area contributed by atoms with Crippen LogP contribution in [0.5, 0.6) is 5.75 Å². The summed E-state index contributed by atoms with van der Waals surface area (Å²) in [5.74, 6) is -0.556. The number of nitrogens with zero attached hydrogens (tertiary/aromatic N) is 2. The number of fused-ring (bicyclic) bond motifs is 1. The number of phenols is 1. The van der Waals surface area contributed by atoms with E-state index < -0.39 is 5.91 Å². The van der Waals surface area contributed by atoms with Crippen molar-refractivity contribution in [2.75, 3.05) is 0 Å². The quantitative estimate of drug-likeness (QED) is 0.322. The second-order valence-electron chi connectivity index (χ2n) is 7.46. The van der Waals surface area contributed by atoms with Crippen molar-refractivity contribution in [2.24, 2.45) is 5.10 Å². The molecule has 156 valence electrons. The first-order valence-electron chi connectivity index (χ1n) is 9.86. The van der Waals surface area contributed by atoms with Gasteiger partial charge in [-0.1, -0.05) is 41.9 Å². The van der Waals surface area contributed by atoms with Crippen LogP contribution in [0.1, 0.15) is 32.9 Å². The molecule has 0 aliphatic carbocycles. The van der Waals surface area contributed by atoms with Gasteiger partial charge >= 0.3 is 0 Å². The first-order chi connectivity index (χ1) is 14.9. The maximum absolute atomic E-state index is 12.6. The zero-order valence-electron chi connectivity index (χ0n) is 17.5. The lowest BCUT2D eigenvalue weighted by Crippen LogP contribution is -2.17.